The molecule has 32 heavy (non-hydrogen) atoms. The maximum atomic E-state index is 12.6. The Bertz CT molecular complexity index is 1250. The number of carbonyl (C=O) groups is 1. The predicted octanol–water partition coefficient (Wildman–Crippen LogP) is 3.64. The minimum absolute atomic E-state index is 0. The third-order valence-corrected chi connectivity index (χ3v) is 5.90. The Hall–Kier alpha value is -1.49. The molecule has 12 heteroatoms. The maximum absolute atomic E-state index is 12.6. The van der Waals surface area contributed by atoms with Gasteiger partial charge in [0.05, 0.1) is 5.02 Å². The number of carbonyl (C=O) groups excluding carboxylic acids is 1. The second-order valence-corrected chi connectivity index (χ2v) is 8.96. The van der Waals surface area contributed by atoms with E-state index in [-0.39, 0.29) is 46.0 Å². The van der Waals surface area contributed by atoms with Crippen LogP contribution in [-0.2, 0) is 10.1 Å². The van der Waals surface area contributed by atoms with Crippen LogP contribution >= 0.6 is 34.8 Å². The molecular weight excluding hydrogens is 510 g/mol. The van der Waals surface area contributed by atoms with Crippen molar-refractivity contribution in [1.82, 2.24) is 0 Å². The number of amides is 2. The van der Waals surface area contributed by atoms with Gasteiger partial charge in [0.2, 0.25) is 0 Å². The fourth-order valence-corrected chi connectivity index (χ4v) is 4.19. The maximum Gasteiger partial charge on any atom is 1.00 e. The van der Waals surface area contributed by atoms with Gasteiger partial charge in [0.15, 0.2) is 5.75 Å². The van der Waals surface area contributed by atoms with Gasteiger partial charge in [0.1, 0.15) is 16.3 Å². The molecule has 162 valence electrons. The molecule has 0 saturated carbocycles. The number of aryl methyl sites for hydroxylation is 1. The van der Waals surface area contributed by atoms with Crippen LogP contribution < -0.4 is 44.9 Å². The van der Waals surface area contributed by atoms with Crippen LogP contribution in [0.3, 0.4) is 0 Å². The van der Waals surface area contributed by atoms with E-state index in [1.54, 1.807) is 49.4 Å². The monoisotopic (exact) mass is 523 g/mol. The first-order chi connectivity index (χ1) is 14.5. The summed E-state index contributed by atoms with van der Waals surface area (Å²) in [7, 11) is -4.81. The summed E-state index contributed by atoms with van der Waals surface area (Å²) >= 11 is 17.8. The summed E-state index contributed by atoms with van der Waals surface area (Å²) in [6.45, 7) is 1.74. The average Bonchev–Trinajstić information content (AvgIpc) is 2.67. The van der Waals surface area contributed by atoms with E-state index in [1.807, 2.05) is 0 Å². The van der Waals surface area contributed by atoms with Crippen molar-refractivity contribution in [3.63, 3.8) is 0 Å². The molecule has 0 saturated heterocycles. The van der Waals surface area contributed by atoms with Crippen LogP contribution in [0.25, 0.3) is 0 Å². The molecule has 0 aliphatic rings. The van der Waals surface area contributed by atoms with Gasteiger partial charge in [-0.3, -0.25) is 4.55 Å². The molecule has 3 rings (SSSR count). The molecule has 0 aliphatic heterocycles. The van der Waals surface area contributed by atoms with Crippen molar-refractivity contribution in [2.24, 2.45) is 0 Å². The number of urea groups is 1. The molecule has 0 fully saturated rings. The van der Waals surface area contributed by atoms with Crippen molar-refractivity contribution >= 4 is 62.3 Å². The van der Waals surface area contributed by atoms with Crippen LogP contribution in [-0.4, -0.2) is 19.0 Å². The Labute approximate surface area is 222 Å². The zero-order chi connectivity index (χ0) is 22.8. The Kier molecular flexibility index (Phi) is 9.27. The summed E-state index contributed by atoms with van der Waals surface area (Å²) in [5, 5.41) is 5.63. The van der Waals surface area contributed by atoms with E-state index in [9.17, 15) is 17.8 Å². The van der Waals surface area contributed by atoms with Gasteiger partial charge in [-0.25, -0.2) is 4.79 Å². The molecule has 3 aromatic rings. The predicted molar refractivity (Wildman–Crippen MR) is 122 cm³/mol. The van der Waals surface area contributed by atoms with Gasteiger partial charge in [0, 0.05) is 15.7 Å². The number of ether oxygens (including phenoxy) is 1. The van der Waals surface area contributed by atoms with E-state index in [0.29, 0.717) is 27.0 Å². The van der Waals surface area contributed by atoms with E-state index < -0.39 is 21.0 Å². The van der Waals surface area contributed by atoms with E-state index in [1.165, 1.54) is 12.1 Å². The third kappa shape index (κ3) is 6.76. The molecular formula is C20H15Cl3N2NaO5S+. The molecule has 2 amide bonds. The molecule has 7 nitrogen and oxygen atoms in total. The SMILES string of the molecule is Cc1cc(Cl)ccc1NC(=O)Nc1c(Oc2ccc(Cl)cc2)ccc(Cl)c1S(=O)(=O)O.[Na+]. The zero-order valence-electron chi connectivity index (χ0n) is 16.8. The van der Waals surface area contributed by atoms with E-state index in [0.717, 1.165) is 0 Å². The largest absolute Gasteiger partial charge is 1.00 e. The van der Waals surface area contributed by atoms with Crippen LogP contribution in [0.15, 0.2) is 59.5 Å². The van der Waals surface area contributed by atoms with Crippen molar-refractivity contribution in [2.45, 2.75) is 11.8 Å². The summed E-state index contributed by atoms with van der Waals surface area (Å²) in [6.07, 6.45) is 0. The van der Waals surface area contributed by atoms with Gasteiger partial charge in [-0.15, -0.1) is 0 Å². The molecule has 0 aliphatic carbocycles. The summed E-state index contributed by atoms with van der Waals surface area (Å²) in [4.78, 5) is 11.9. The minimum atomic E-state index is -4.81. The average molecular weight is 525 g/mol. The van der Waals surface area contributed by atoms with Crippen LogP contribution in [0, 0.1) is 6.92 Å². The van der Waals surface area contributed by atoms with Gasteiger partial charge < -0.3 is 15.4 Å². The van der Waals surface area contributed by atoms with Gasteiger partial charge in [-0.1, -0.05) is 34.8 Å². The van der Waals surface area contributed by atoms with Gasteiger partial charge in [0.25, 0.3) is 10.1 Å². The molecule has 3 N–H and O–H groups in total. The number of halogens is 3. The molecule has 0 spiro atoms. The Morgan fingerprint density at radius 1 is 0.938 bits per heavy atom. The summed E-state index contributed by atoms with van der Waals surface area (Å²) in [6, 6.07) is 12.8. The first kappa shape index (κ1) is 26.8. The van der Waals surface area contributed by atoms with Gasteiger partial charge in [-0.2, -0.15) is 8.42 Å². The number of benzene rings is 3. The normalized spacial score (nSPS) is 10.8. The number of rotatable bonds is 5. The molecule has 0 radical (unpaired) electrons. The first-order valence-corrected chi connectivity index (χ1v) is 11.2. The van der Waals surface area contributed by atoms with Crippen molar-refractivity contribution in [2.75, 3.05) is 10.6 Å². The molecule has 0 heterocycles. The summed E-state index contributed by atoms with van der Waals surface area (Å²) in [5.41, 5.74) is 0.785. The molecule has 0 unspecified atom stereocenters. The smallest absolute Gasteiger partial charge is 0.455 e. The standard InChI is InChI=1S/C20H15Cl3N2O5S.Na/c1-11-10-13(22)4-8-16(11)24-20(26)25-18-17(30-14-5-2-12(21)3-6-14)9-7-15(23)19(18)31(27,28)29;/h2-10H,1H3,(H2,24,25,26)(H,27,28,29);/q;+1. The first-order valence-electron chi connectivity index (χ1n) is 8.62. The van der Waals surface area contributed by atoms with Gasteiger partial charge >= 0.3 is 35.6 Å². The van der Waals surface area contributed by atoms with Crippen LogP contribution in [0.2, 0.25) is 15.1 Å². The molecule has 0 bridgehead atoms. The van der Waals surface area contributed by atoms with E-state index in [2.05, 4.69) is 10.6 Å². The number of hydrogen-bond acceptors (Lipinski definition) is 4. The number of nitrogens with one attached hydrogen (secondary N) is 2. The van der Waals surface area contributed by atoms with Crippen molar-refractivity contribution < 1.29 is 52.1 Å². The van der Waals surface area contributed by atoms with Crippen molar-refractivity contribution in [1.29, 1.82) is 0 Å². The molecule has 0 atom stereocenters. The van der Waals surface area contributed by atoms with E-state index >= 15 is 0 Å². The number of hydrogen-bond donors (Lipinski definition) is 3. The second-order valence-electron chi connectivity index (χ2n) is 6.32. The molecule has 0 aromatic heterocycles. The Balaban J connectivity index is 0.00000363. The van der Waals surface area contributed by atoms with Crippen LogP contribution in [0.4, 0.5) is 16.2 Å². The fraction of sp³-hybridized carbons (Fsp3) is 0.0500. The van der Waals surface area contributed by atoms with Crippen molar-refractivity contribution in [3.05, 3.63) is 75.2 Å². The van der Waals surface area contributed by atoms with Gasteiger partial charge in [-0.05, 0) is 67.1 Å². The summed E-state index contributed by atoms with van der Waals surface area (Å²) < 4.78 is 39.3. The quantitative estimate of drug-likeness (QED) is 0.349. The summed E-state index contributed by atoms with van der Waals surface area (Å²) in [5.74, 6) is 0.243. The minimum Gasteiger partial charge on any atom is -0.455 e. The zero-order valence-corrected chi connectivity index (χ0v) is 21.9. The van der Waals surface area contributed by atoms with Crippen molar-refractivity contribution in [3.8, 4) is 11.5 Å². The Morgan fingerprint density at radius 3 is 2.16 bits per heavy atom. The topological polar surface area (TPSA) is 105 Å². The third-order valence-electron chi connectivity index (χ3n) is 4.05. The fourth-order valence-electron chi connectivity index (χ4n) is 2.66. The van der Waals surface area contributed by atoms with Crippen LogP contribution in [0.5, 0.6) is 11.5 Å². The van der Waals surface area contributed by atoms with Crippen LogP contribution in [0.1, 0.15) is 5.56 Å². The molecule has 3 aromatic carbocycles. The second kappa shape index (κ2) is 11.1. The number of anilines is 2. The Morgan fingerprint density at radius 2 is 1.56 bits per heavy atom. The van der Waals surface area contributed by atoms with E-state index in [4.69, 9.17) is 39.5 Å².